The predicted octanol–water partition coefficient (Wildman–Crippen LogP) is 3.71. The van der Waals surface area contributed by atoms with Crippen molar-refractivity contribution in [1.29, 1.82) is 0 Å². The first-order valence-corrected chi connectivity index (χ1v) is 5.93. The Morgan fingerprint density at radius 1 is 1.07 bits per heavy atom. The molecule has 0 unspecified atom stereocenters. The van der Waals surface area contributed by atoms with Crippen LogP contribution >= 0.6 is 0 Å². The third-order valence-electron chi connectivity index (χ3n) is 3.12. The lowest BCUT2D eigenvalue weighted by molar-refractivity contribution is 0.206. The molecule has 1 heteroatoms. The fourth-order valence-electron chi connectivity index (χ4n) is 2.09. The van der Waals surface area contributed by atoms with Gasteiger partial charge >= 0.3 is 0 Å². The normalized spacial score (nSPS) is 26.7. The summed E-state index contributed by atoms with van der Waals surface area (Å²) in [5.74, 6) is 0.807. The second-order valence-corrected chi connectivity index (χ2v) is 4.32. The Labute approximate surface area is 90.2 Å². The van der Waals surface area contributed by atoms with Crippen LogP contribution in [0.2, 0.25) is 0 Å². The van der Waals surface area contributed by atoms with E-state index in [2.05, 4.69) is 32.5 Å². The van der Waals surface area contributed by atoms with Crippen LogP contribution in [0.1, 0.15) is 46.5 Å². The molecule has 0 aromatic carbocycles. The van der Waals surface area contributed by atoms with Crippen molar-refractivity contribution in [3.63, 3.8) is 0 Å². The van der Waals surface area contributed by atoms with Crippen molar-refractivity contribution in [3.05, 3.63) is 12.2 Å². The van der Waals surface area contributed by atoms with Gasteiger partial charge in [-0.15, -0.1) is 0 Å². The maximum atomic E-state index is 4.04. The van der Waals surface area contributed by atoms with E-state index in [1.165, 1.54) is 31.3 Å². The fourth-order valence-corrected chi connectivity index (χ4v) is 2.09. The molecule has 0 heterocycles. The largest absolute Gasteiger partial charge is 0.306 e. The summed E-state index contributed by atoms with van der Waals surface area (Å²) in [4.78, 5) is 2.36. The highest BCUT2D eigenvalue weighted by atomic mass is 15.1. The van der Waals surface area contributed by atoms with Crippen LogP contribution in [0.25, 0.3) is 0 Å². The summed E-state index contributed by atoms with van der Waals surface area (Å²) in [5, 5.41) is 0. The minimum absolute atomic E-state index is 0.807. The quantitative estimate of drug-likeness (QED) is 0.610. The van der Waals surface area contributed by atoms with Gasteiger partial charge in [-0.25, -0.2) is 0 Å². The topological polar surface area (TPSA) is 3.24 Å². The molecule has 0 N–H and O–H groups in total. The summed E-state index contributed by atoms with van der Waals surface area (Å²) < 4.78 is 0. The Kier molecular flexibility index (Phi) is 6.90. The molecular formula is C13H27N. The molecule has 1 aliphatic carbocycles. The zero-order chi connectivity index (χ0) is 11.1. The first kappa shape index (κ1) is 13.7. The second kappa shape index (κ2) is 7.05. The molecule has 0 aliphatic heterocycles. The first-order chi connectivity index (χ1) is 6.61. The van der Waals surface area contributed by atoms with E-state index in [9.17, 15) is 0 Å². The molecule has 0 aromatic heterocycles. The van der Waals surface area contributed by atoms with E-state index < -0.39 is 0 Å². The molecule has 0 bridgehead atoms. The summed E-state index contributed by atoms with van der Waals surface area (Å²) in [6, 6.07) is 0.820. The Morgan fingerprint density at radius 3 is 1.79 bits per heavy atom. The zero-order valence-electron chi connectivity index (χ0n) is 10.6. The highest BCUT2D eigenvalue weighted by Gasteiger charge is 2.22. The molecule has 0 spiro atoms. The molecular weight excluding hydrogens is 170 g/mol. The van der Waals surface area contributed by atoms with Gasteiger partial charge in [0.2, 0.25) is 0 Å². The van der Waals surface area contributed by atoms with Gasteiger partial charge in [0.1, 0.15) is 0 Å². The highest BCUT2D eigenvalue weighted by Crippen LogP contribution is 2.30. The van der Waals surface area contributed by atoms with Crippen LogP contribution in [0.15, 0.2) is 12.2 Å². The van der Waals surface area contributed by atoms with Crippen molar-refractivity contribution < 1.29 is 0 Å². The van der Waals surface area contributed by atoms with Crippen LogP contribution in [0, 0.1) is 5.92 Å². The molecule has 0 saturated heterocycles. The van der Waals surface area contributed by atoms with Gasteiger partial charge in [0.15, 0.2) is 0 Å². The van der Waals surface area contributed by atoms with E-state index in [0.29, 0.717) is 0 Å². The molecule has 0 radical (unpaired) electrons. The minimum Gasteiger partial charge on any atom is -0.306 e. The van der Waals surface area contributed by atoms with Gasteiger partial charge in [-0.3, -0.25) is 0 Å². The van der Waals surface area contributed by atoms with Crippen LogP contribution < -0.4 is 0 Å². The summed E-state index contributed by atoms with van der Waals surface area (Å²) in [6.45, 7) is 10.2. The van der Waals surface area contributed by atoms with Crippen molar-refractivity contribution >= 4 is 0 Å². The minimum atomic E-state index is 0.807. The van der Waals surface area contributed by atoms with E-state index >= 15 is 0 Å². The van der Waals surface area contributed by atoms with Crippen LogP contribution in [0.3, 0.4) is 0 Å². The van der Waals surface area contributed by atoms with E-state index in [4.69, 9.17) is 0 Å². The molecule has 1 rings (SSSR count). The Morgan fingerprint density at radius 2 is 1.50 bits per heavy atom. The van der Waals surface area contributed by atoms with E-state index in [-0.39, 0.29) is 0 Å². The molecule has 1 saturated carbocycles. The van der Waals surface area contributed by atoms with E-state index in [1.54, 1.807) is 0 Å². The summed E-state index contributed by atoms with van der Waals surface area (Å²) in [5.41, 5.74) is 1.38. The summed E-state index contributed by atoms with van der Waals surface area (Å²) >= 11 is 0. The van der Waals surface area contributed by atoms with Crippen molar-refractivity contribution in [3.8, 4) is 0 Å². The summed E-state index contributed by atoms with van der Waals surface area (Å²) in [6.07, 6.45) is 5.39. The summed E-state index contributed by atoms with van der Waals surface area (Å²) in [7, 11) is 4.37. The van der Waals surface area contributed by atoms with Crippen LogP contribution in [-0.4, -0.2) is 25.0 Å². The average molecular weight is 197 g/mol. The number of hydrogen-bond donors (Lipinski definition) is 0. The van der Waals surface area contributed by atoms with Crippen LogP contribution in [0.4, 0.5) is 0 Å². The van der Waals surface area contributed by atoms with Crippen LogP contribution in [0.5, 0.6) is 0 Å². The number of hydrogen-bond acceptors (Lipinski definition) is 1. The molecule has 0 amide bonds. The Balaban J connectivity index is 0.000000791. The molecule has 0 aromatic rings. The lowest BCUT2D eigenvalue weighted by Gasteiger charge is -2.32. The van der Waals surface area contributed by atoms with Gasteiger partial charge in [-0.1, -0.05) is 26.0 Å². The van der Waals surface area contributed by atoms with Gasteiger partial charge in [-0.2, -0.15) is 0 Å². The molecule has 1 aliphatic rings. The number of allylic oxidation sites excluding steroid dienone is 1. The van der Waals surface area contributed by atoms with Gasteiger partial charge in [-0.05, 0) is 52.6 Å². The smallest absolute Gasteiger partial charge is 0.00895 e. The van der Waals surface area contributed by atoms with Gasteiger partial charge in [0, 0.05) is 6.04 Å². The zero-order valence-corrected chi connectivity index (χ0v) is 10.6. The monoisotopic (exact) mass is 197 g/mol. The molecule has 1 nitrogen and oxygen atoms in total. The molecule has 14 heavy (non-hydrogen) atoms. The first-order valence-electron chi connectivity index (χ1n) is 5.93. The number of rotatable bonds is 2. The third-order valence-corrected chi connectivity index (χ3v) is 3.12. The standard InChI is InChI=1S/C11H21N.C2H6/c1-9(2)10-5-7-11(8-6-10)12(3)4;1-2/h10-11H,1,5-8H2,2-4H3;1-2H3. The van der Waals surface area contributed by atoms with Crippen molar-refractivity contribution in [2.75, 3.05) is 14.1 Å². The highest BCUT2D eigenvalue weighted by molar-refractivity contribution is 4.98. The molecule has 0 atom stereocenters. The molecule has 84 valence electrons. The lowest BCUT2D eigenvalue weighted by atomic mass is 9.82. The molecule has 1 fully saturated rings. The van der Waals surface area contributed by atoms with Crippen molar-refractivity contribution in [1.82, 2.24) is 4.90 Å². The number of nitrogens with zero attached hydrogens (tertiary/aromatic N) is 1. The van der Waals surface area contributed by atoms with Gasteiger partial charge in [0.25, 0.3) is 0 Å². The van der Waals surface area contributed by atoms with E-state index in [1.807, 2.05) is 13.8 Å². The maximum Gasteiger partial charge on any atom is 0.00895 e. The van der Waals surface area contributed by atoms with Crippen LogP contribution in [-0.2, 0) is 0 Å². The van der Waals surface area contributed by atoms with Gasteiger partial charge in [0.05, 0.1) is 0 Å². The van der Waals surface area contributed by atoms with E-state index in [0.717, 1.165) is 12.0 Å². The average Bonchev–Trinajstić information content (AvgIpc) is 2.21. The fraction of sp³-hybridized carbons (Fsp3) is 0.846. The third kappa shape index (κ3) is 4.28. The maximum absolute atomic E-state index is 4.04. The SMILES string of the molecule is C=C(C)C1CCC(N(C)C)CC1.CC. The Bertz CT molecular complexity index is 153. The predicted molar refractivity (Wildman–Crippen MR) is 65.6 cm³/mol. The lowest BCUT2D eigenvalue weighted by Crippen LogP contribution is -2.32. The van der Waals surface area contributed by atoms with Gasteiger partial charge < -0.3 is 4.90 Å². The second-order valence-electron chi connectivity index (χ2n) is 4.32. The Hall–Kier alpha value is -0.300. The van der Waals surface area contributed by atoms with Crippen molar-refractivity contribution in [2.24, 2.45) is 5.92 Å². The van der Waals surface area contributed by atoms with Crippen molar-refractivity contribution in [2.45, 2.75) is 52.5 Å².